The highest BCUT2D eigenvalue weighted by Crippen LogP contribution is 2.31. The molecule has 2 unspecified atom stereocenters. The highest BCUT2D eigenvalue weighted by atomic mass is 35.5. The number of fused-ring (bicyclic) bond motifs is 2. The predicted octanol–water partition coefficient (Wildman–Crippen LogP) is 4.77. The van der Waals surface area contributed by atoms with Gasteiger partial charge in [-0.1, -0.05) is 29.8 Å². The van der Waals surface area contributed by atoms with Crippen LogP contribution in [0.5, 0.6) is 5.75 Å². The van der Waals surface area contributed by atoms with Gasteiger partial charge in [0.15, 0.2) is 5.78 Å². The number of hydrogen-bond donors (Lipinski definition) is 1. The molecule has 0 bridgehead atoms. The summed E-state index contributed by atoms with van der Waals surface area (Å²) < 4.78 is 17.4. The number of allylic oxidation sites excluding steroid dienone is 1. The number of likely N-dealkylation sites (tertiary alicyclic amines) is 1. The monoisotopic (exact) mass is 571 g/mol. The van der Waals surface area contributed by atoms with Crippen LogP contribution in [0.3, 0.4) is 0 Å². The Kier molecular flexibility index (Phi) is 8.48. The summed E-state index contributed by atoms with van der Waals surface area (Å²) >= 11 is 6.50. The number of ether oxygens (including phenoxy) is 3. The Hall–Kier alpha value is -3.89. The molecule has 2 fully saturated rings. The Bertz CT molecular complexity index is 1540. The molecule has 0 aliphatic carbocycles. The predicted molar refractivity (Wildman–Crippen MR) is 157 cm³/mol. The third-order valence-electron chi connectivity index (χ3n) is 7.08. The van der Waals surface area contributed by atoms with Gasteiger partial charge < -0.3 is 19.5 Å². The average molecular weight is 572 g/mol. The van der Waals surface area contributed by atoms with Gasteiger partial charge in [-0.3, -0.25) is 14.7 Å². The van der Waals surface area contributed by atoms with Crippen LogP contribution in [0.1, 0.15) is 11.3 Å². The first-order valence-corrected chi connectivity index (χ1v) is 14.0. The van der Waals surface area contributed by atoms with Crippen molar-refractivity contribution in [2.75, 3.05) is 38.2 Å². The molecule has 2 aliphatic heterocycles. The molecule has 0 radical (unpaired) electrons. The largest absolute Gasteiger partial charge is 0.486 e. The number of halogens is 1. The zero-order valence-corrected chi connectivity index (χ0v) is 23.2. The lowest BCUT2D eigenvalue weighted by Crippen LogP contribution is -2.36. The van der Waals surface area contributed by atoms with Crippen molar-refractivity contribution in [3.63, 3.8) is 0 Å². The Balaban J connectivity index is 1.08. The minimum Gasteiger partial charge on any atom is -0.486 e. The van der Waals surface area contributed by atoms with E-state index in [0.29, 0.717) is 43.0 Å². The first kappa shape index (κ1) is 27.3. The van der Waals surface area contributed by atoms with E-state index in [1.165, 1.54) is 6.33 Å². The van der Waals surface area contributed by atoms with Gasteiger partial charge in [0.2, 0.25) is 0 Å². The van der Waals surface area contributed by atoms with Crippen molar-refractivity contribution >= 4 is 39.8 Å². The Labute approximate surface area is 243 Å². The molecule has 210 valence electrons. The summed E-state index contributed by atoms with van der Waals surface area (Å²) in [6, 6.07) is 16.9. The maximum absolute atomic E-state index is 12.7. The van der Waals surface area contributed by atoms with Crippen molar-refractivity contribution < 1.29 is 19.0 Å². The van der Waals surface area contributed by atoms with E-state index in [-0.39, 0.29) is 24.4 Å². The summed E-state index contributed by atoms with van der Waals surface area (Å²) in [6.45, 7) is 3.98. The zero-order valence-electron chi connectivity index (χ0n) is 22.4. The number of benzene rings is 2. The summed E-state index contributed by atoms with van der Waals surface area (Å²) in [7, 11) is 0. The first-order chi connectivity index (χ1) is 20.1. The van der Waals surface area contributed by atoms with Gasteiger partial charge in [-0.05, 0) is 54.1 Å². The molecule has 1 N–H and O–H groups in total. The van der Waals surface area contributed by atoms with Crippen LogP contribution in [0.25, 0.3) is 10.9 Å². The third-order valence-corrected chi connectivity index (χ3v) is 7.38. The Morgan fingerprint density at radius 1 is 1.05 bits per heavy atom. The third kappa shape index (κ3) is 6.89. The van der Waals surface area contributed by atoms with E-state index in [0.717, 1.165) is 40.9 Å². The van der Waals surface area contributed by atoms with Crippen LogP contribution in [0.2, 0.25) is 5.02 Å². The van der Waals surface area contributed by atoms with Gasteiger partial charge in [0.25, 0.3) is 0 Å². The topological polar surface area (TPSA) is 98.7 Å². The molecule has 2 atom stereocenters. The second-order valence-electron chi connectivity index (χ2n) is 10.0. The number of nitrogens with zero attached hydrogens (tertiary/aromatic N) is 4. The van der Waals surface area contributed by atoms with Crippen molar-refractivity contribution in [1.82, 2.24) is 19.9 Å². The van der Waals surface area contributed by atoms with Crippen LogP contribution < -0.4 is 10.1 Å². The molecule has 0 saturated carbocycles. The summed E-state index contributed by atoms with van der Waals surface area (Å²) in [5.74, 6) is 1.22. The molecule has 9 nitrogen and oxygen atoms in total. The van der Waals surface area contributed by atoms with Gasteiger partial charge in [-0.15, -0.1) is 0 Å². The lowest BCUT2D eigenvalue weighted by molar-refractivity contribution is -0.116. The van der Waals surface area contributed by atoms with E-state index in [1.54, 1.807) is 18.3 Å². The average Bonchev–Trinajstić information content (AvgIpc) is 3.40. The van der Waals surface area contributed by atoms with E-state index >= 15 is 0 Å². The summed E-state index contributed by atoms with van der Waals surface area (Å²) in [6.07, 6.45) is 7.37. The molecule has 0 spiro atoms. The number of pyridine rings is 1. The maximum Gasteiger partial charge on any atom is 0.159 e. The van der Waals surface area contributed by atoms with Crippen molar-refractivity contribution in [3.05, 3.63) is 95.6 Å². The maximum atomic E-state index is 12.7. The number of carbonyl (C=O) groups excluding carboxylic acids is 1. The number of aromatic nitrogens is 3. The molecular formula is C31H30ClN5O4. The van der Waals surface area contributed by atoms with Gasteiger partial charge in [0.1, 0.15) is 24.5 Å². The van der Waals surface area contributed by atoms with Crippen molar-refractivity contribution in [2.45, 2.75) is 25.2 Å². The van der Waals surface area contributed by atoms with Gasteiger partial charge in [0.05, 0.1) is 41.7 Å². The van der Waals surface area contributed by atoms with Crippen LogP contribution in [0.15, 0.2) is 79.3 Å². The number of rotatable bonds is 10. The molecule has 41 heavy (non-hydrogen) atoms. The molecular weight excluding hydrogens is 542 g/mol. The number of anilines is 2. The second-order valence-corrected chi connectivity index (χ2v) is 10.4. The number of carbonyl (C=O) groups is 1. The fraction of sp³-hybridized carbons (Fsp3) is 0.290. The van der Waals surface area contributed by atoms with Crippen molar-refractivity contribution in [1.29, 1.82) is 0 Å². The summed E-state index contributed by atoms with van der Waals surface area (Å²) in [5.41, 5.74) is 3.23. The first-order valence-electron chi connectivity index (χ1n) is 13.6. The quantitative estimate of drug-likeness (QED) is 0.270. The van der Waals surface area contributed by atoms with Gasteiger partial charge in [-0.2, -0.15) is 0 Å². The Morgan fingerprint density at radius 3 is 2.68 bits per heavy atom. The summed E-state index contributed by atoms with van der Waals surface area (Å²) in [4.78, 5) is 28.1. The zero-order chi connectivity index (χ0) is 28.0. The Morgan fingerprint density at radius 2 is 1.90 bits per heavy atom. The van der Waals surface area contributed by atoms with E-state index < -0.39 is 0 Å². The molecule has 2 aromatic carbocycles. The smallest absolute Gasteiger partial charge is 0.159 e. The normalized spacial score (nSPS) is 19.0. The van der Waals surface area contributed by atoms with Gasteiger partial charge >= 0.3 is 0 Å². The van der Waals surface area contributed by atoms with E-state index in [4.69, 9.17) is 25.8 Å². The molecule has 0 amide bonds. The van der Waals surface area contributed by atoms with Crippen molar-refractivity contribution in [2.24, 2.45) is 0 Å². The highest BCUT2D eigenvalue weighted by molar-refractivity contribution is 6.32. The minimum atomic E-state index is 0.0351. The number of hydrogen-bond acceptors (Lipinski definition) is 9. The fourth-order valence-electron chi connectivity index (χ4n) is 5.06. The minimum absolute atomic E-state index is 0.0351. The number of nitrogens with one attached hydrogen (secondary N) is 1. The van der Waals surface area contributed by atoms with E-state index in [2.05, 4.69) is 25.2 Å². The molecule has 4 heterocycles. The lowest BCUT2D eigenvalue weighted by atomic mass is 10.1. The molecule has 2 saturated heterocycles. The highest BCUT2D eigenvalue weighted by Gasteiger charge is 2.35. The molecule has 2 aliphatic rings. The van der Waals surface area contributed by atoms with Crippen LogP contribution in [0, 0.1) is 0 Å². The lowest BCUT2D eigenvalue weighted by Gasteiger charge is -2.24. The molecule has 10 heteroatoms. The van der Waals surface area contributed by atoms with Crippen LogP contribution in [-0.4, -0.2) is 70.7 Å². The van der Waals surface area contributed by atoms with Gasteiger partial charge in [-0.25, -0.2) is 9.97 Å². The molecule has 4 aromatic rings. The van der Waals surface area contributed by atoms with Crippen LogP contribution in [-0.2, 0) is 27.3 Å². The van der Waals surface area contributed by atoms with Crippen LogP contribution in [0.4, 0.5) is 11.5 Å². The van der Waals surface area contributed by atoms with Crippen LogP contribution >= 0.6 is 11.6 Å². The number of ketones is 1. The fourth-order valence-corrected chi connectivity index (χ4v) is 5.30. The molecule has 6 rings (SSSR count). The molecule has 2 aromatic heterocycles. The summed E-state index contributed by atoms with van der Waals surface area (Å²) in [5, 5.41) is 4.61. The van der Waals surface area contributed by atoms with E-state index in [1.807, 2.05) is 54.6 Å². The second kappa shape index (κ2) is 12.7. The van der Waals surface area contributed by atoms with E-state index in [9.17, 15) is 4.79 Å². The standard InChI is InChI=1S/C31H30ClN5O4/c32-26-16-22(7-9-28(26)41-19-23-4-1-2-10-33-23)36-31-25-15-21(6-8-27(25)34-20-35-31)14-24(38)5-3-11-37-17-29-30(18-37)40-13-12-39-29/h1-10,15-16,20,29-30H,11-14,17-19H2,(H,34,35,36)/b5-3+. The van der Waals surface area contributed by atoms with Crippen molar-refractivity contribution in [3.8, 4) is 5.75 Å². The van der Waals surface area contributed by atoms with Gasteiger partial charge in [0, 0.05) is 43.3 Å². The SMILES string of the molecule is O=C(/C=C/CN1CC2OCCOC2C1)Cc1ccc2ncnc(Nc3ccc(OCc4ccccn4)c(Cl)c3)c2c1.